The molecule has 1 aliphatic rings. The molecule has 1 aliphatic carbocycles. The van der Waals surface area contributed by atoms with Crippen molar-refractivity contribution in [2.75, 3.05) is 0 Å². The van der Waals surface area contributed by atoms with Crippen LogP contribution >= 0.6 is 0 Å². The minimum Gasteiger partial charge on any atom is -0.324 e. The Morgan fingerprint density at radius 3 is 2.30 bits per heavy atom. The quantitative estimate of drug-likeness (QED) is 0.523. The van der Waals surface area contributed by atoms with E-state index in [2.05, 4.69) is 0 Å². The molecule has 0 aromatic rings. The largest absolute Gasteiger partial charge is 0.413 e. The van der Waals surface area contributed by atoms with Crippen LogP contribution in [-0.4, -0.2) is 12.2 Å². The lowest BCUT2D eigenvalue weighted by molar-refractivity contribution is -0.0945. The van der Waals surface area contributed by atoms with E-state index in [1.165, 1.54) is 6.08 Å². The van der Waals surface area contributed by atoms with Crippen LogP contribution in [0.25, 0.3) is 0 Å². The molecule has 0 aliphatic heterocycles. The summed E-state index contributed by atoms with van der Waals surface area (Å²) in [6, 6.07) is -0.792. The summed E-state index contributed by atoms with van der Waals surface area (Å²) in [5.41, 5.74) is 4.61. The van der Waals surface area contributed by atoms with E-state index in [4.69, 9.17) is 5.73 Å². The fraction of sp³-hybridized carbons (Fsp3) is 0.667. The summed E-state index contributed by atoms with van der Waals surface area (Å²) in [5, 5.41) is 0. The van der Waals surface area contributed by atoms with E-state index in [1.807, 2.05) is 0 Å². The molecule has 58 valence electrons. The second-order valence-corrected chi connectivity index (χ2v) is 2.34. The highest BCUT2D eigenvalue weighted by atomic mass is 19.4. The van der Waals surface area contributed by atoms with E-state index in [-0.39, 0.29) is 0 Å². The molecule has 0 aromatic carbocycles. The molecular formula is C6H8F3N. The Morgan fingerprint density at radius 2 is 2.10 bits per heavy atom. The van der Waals surface area contributed by atoms with Gasteiger partial charge in [-0.05, 0) is 12.8 Å². The maximum absolute atomic E-state index is 11.9. The number of nitrogens with two attached hydrogens (primary N) is 1. The highest BCUT2D eigenvalue weighted by Crippen LogP contribution is 2.32. The molecule has 0 saturated heterocycles. The predicted octanol–water partition coefficient (Wildman–Crippen LogP) is 1.60. The van der Waals surface area contributed by atoms with Crippen molar-refractivity contribution in [3.63, 3.8) is 0 Å². The van der Waals surface area contributed by atoms with Crippen LogP contribution in [0.3, 0.4) is 0 Å². The fourth-order valence-electron chi connectivity index (χ4n) is 1.05. The Labute approximate surface area is 56.7 Å². The van der Waals surface area contributed by atoms with Gasteiger partial charge < -0.3 is 5.73 Å². The van der Waals surface area contributed by atoms with Crippen molar-refractivity contribution < 1.29 is 13.2 Å². The van der Waals surface area contributed by atoms with E-state index in [0.717, 1.165) is 0 Å². The van der Waals surface area contributed by atoms with Crippen molar-refractivity contribution in [3.05, 3.63) is 11.6 Å². The van der Waals surface area contributed by atoms with Gasteiger partial charge in [0.15, 0.2) is 0 Å². The Hall–Kier alpha value is -0.510. The minimum absolute atomic E-state index is 0.425. The second-order valence-electron chi connectivity index (χ2n) is 2.34. The number of hydrogen-bond donors (Lipinski definition) is 1. The first-order chi connectivity index (χ1) is 4.52. The van der Waals surface area contributed by atoms with Crippen LogP contribution in [-0.2, 0) is 0 Å². The van der Waals surface area contributed by atoms with Crippen LogP contribution < -0.4 is 5.73 Å². The van der Waals surface area contributed by atoms with Gasteiger partial charge in [-0.1, -0.05) is 6.08 Å². The van der Waals surface area contributed by atoms with Gasteiger partial charge in [-0.15, -0.1) is 0 Å². The standard InChI is InChI=1S/C6H8F3N/c7-6(8,9)4-2-1-3-5(4)10/h2,5H,1,3,10H2/t5-/m0/s1. The molecule has 1 nitrogen and oxygen atoms in total. The normalized spacial score (nSPS) is 26.8. The van der Waals surface area contributed by atoms with Gasteiger partial charge >= 0.3 is 6.18 Å². The summed E-state index contributed by atoms with van der Waals surface area (Å²) in [6.07, 6.45) is -2.16. The van der Waals surface area contributed by atoms with Gasteiger partial charge in [0.25, 0.3) is 0 Å². The van der Waals surface area contributed by atoms with E-state index in [0.29, 0.717) is 12.8 Å². The van der Waals surface area contributed by atoms with E-state index in [9.17, 15) is 13.2 Å². The molecule has 0 spiro atoms. The van der Waals surface area contributed by atoms with Crippen molar-refractivity contribution >= 4 is 0 Å². The average Bonchev–Trinajstić information content (AvgIpc) is 2.11. The first-order valence-corrected chi connectivity index (χ1v) is 3.04. The number of alkyl halides is 3. The van der Waals surface area contributed by atoms with E-state index < -0.39 is 17.8 Å². The zero-order valence-electron chi connectivity index (χ0n) is 5.28. The molecule has 0 heterocycles. The Kier molecular flexibility index (Phi) is 1.72. The van der Waals surface area contributed by atoms with Crippen molar-refractivity contribution in [2.24, 2.45) is 5.73 Å². The van der Waals surface area contributed by atoms with Gasteiger partial charge in [0.2, 0.25) is 0 Å². The summed E-state index contributed by atoms with van der Waals surface area (Å²) >= 11 is 0. The monoisotopic (exact) mass is 151 g/mol. The molecule has 0 saturated carbocycles. The van der Waals surface area contributed by atoms with E-state index >= 15 is 0 Å². The zero-order valence-corrected chi connectivity index (χ0v) is 5.28. The molecule has 0 amide bonds. The maximum atomic E-state index is 11.9. The minimum atomic E-state index is -4.21. The van der Waals surface area contributed by atoms with Gasteiger partial charge in [0.05, 0.1) is 0 Å². The van der Waals surface area contributed by atoms with Crippen molar-refractivity contribution in [1.82, 2.24) is 0 Å². The number of hydrogen-bond acceptors (Lipinski definition) is 1. The Bertz CT molecular complexity index is 159. The van der Waals surface area contributed by atoms with Crippen LogP contribution in [0, 0.1) is 0 Å². The summed E-state index contributed by atoms with van der Waals surface area (Å²) in [7, 11) is 0. The van der Waals surface area contributed by atoms with Crippen LogP contribution in [0.5, 0.6) is 0 Å². The van der Waals surface area contributed by atoms with Gasteiger partial charge in [0, 0.05) is 11.6 Å². The van der Waals surface area contributed by atoms with Crippen LogP contribution in [0.4, 0.5) is 13.2 Å². The van der Waals surface area contributed by atoms with Crippen molar-refractivity contribution in [2.45, 2.75) is 25.1 Å². The predicted molar refractivity (Wildman–Crippen MR) is 31.3 cm³/mol. The van der Waals surface area contributed by atoms with Crippen LogP contribution in [0.2, 0.25) is 0 Å². The molecule has 1 rings (SSSR count). The van der Waals surface area contributed by atoms with Crippen LogP contribution in [0.15, 0.2) is 11.6 Å². The smallest absolute Gasteiger partial charge is 0.324 e. The average molecular weight is 151 g/mol. The van der Waals surface area contributed by atoms with Crippen molar-refractivity contribution in [3.8, 4) is 0 Å². The van der Waals surface area contributed by atoms with E-state index in [1.54, 1.807) is 0 Å². The second kappa shape index (κ2) is 2.27. The molecular weight excluding hydrogens is 143 g/mol. The van der Waals surface area contributed by atoms with Gasteiger partial charge in [-0.2, -0.15) is 13.2 Å². The third-order valence-electron chi connectivity index (χ3n) is 1.57. The lowest BCUT2D eigenvalue weighted by Crippen LogP contribution is -2.28. The number of allylic oxidation sites excluding steroid dienone is 1. The highest BCUT2D eigenvalue weighted by Gasteiger charge is 2.38. The maximum Gasteiger partial charge on any atom is 0.413 e. The SMILES string of the molecule is N[C@H]1CCC=C1C(F)(F)F. The molecule has 0 bridgehead atoms. The van der Waals surface area contributed by atoms with Gasteiger partial charge in [0.1, 0.15) is 0 Å². The van der Waals surface area contributed by atoms with Crippen molar-refractivity contribution in [1.29, 1.82) is 0 Å². The Balaban J connectivity index is 2.72. The lowest BCUT2D eigenvalue weighted by Gasteiger charge is -2.11. The molecule has 1 atom stereocenters. The molecule has 0 unspecified atom stereocenters. The number of halogens is 3. The summed E-state index contributed by atoms with van der Waals surface area (Å²) in [6.45, 7) is 0. The fourth-order valence-corrected chi connectivity index (χ4v) is 1.05. The van der Waals surface area contributed by atoms with Gasteiger partial charge in [-0.25, -0.2) is 0 Å². The van der Waals surface area contributed by atoms with Gasteiger partial charge in [-0.3, -0.25) is 0 Å². The molecule has 10 heavy (non-hydrogen) atoms. The first kappa shape index (κ1) is 7.60. The number of rotatable bonds is 0. The molecule has 0 aromatic heterocycles. The molecule has 0 radical (unpaired) electrons. The topological polar surface area (TPSA) is 26.0 Å². The molecule has 0 fully saturated rings. The third kappa shape index (κ3) is 1.31. The zero-order chi connectivity index (χ0) is 7.78. The summed E-state index contributed by atoms with van der Waals surface area (Å²) < 4.78 is 35.6. The molecule has 4 heteroatoms. The summed E-state index contributed by atoms with van der Waals surface area (Å²) in [4.78, 5) is 0. The lowest BCUT2D eigenvalue weighted by atomic mass is 10.1. The highest BCUT2D eigenvalue weighted by molar-refractivity contribution is 5.20. The first-order valence-electron chi connectivity index (χ1n) is 3.04. The van der Waals surface area contributed by atoms with Crippen LogP contribution in [0.1, 0.15) is 12.8 Å². The summed E-state index contributed by atoms with van der Waals surface area (Å²) in [5.74, 6) is 0. The molecule has 2 N–H and O–H groups in total. The Morgan fingerprint density at radius 1 is 1.50 bits per heavy atom. The third-order valence-corrected chi connectivity index (χ3v) is 1.57.